The number of likely N-dealkylation sites (N-methyl/N-ethyl adjacent to an activating group) is 1. The Morgan fingerprint density at radius 1 is 1.06 bits per heavy atom. The maximum absolute atomic E-state index is 5.88. The summed E-state index contributed by atoms with van der Waals surface area (Å²) in [6.45, 7) is 7.24. The molecule has 0 saturated carbocycles. The van der Waals surface area contributed by atoms with E-state index in [1.807, 2.05) is 42.1 Å². The lowest BCUT2D eigenvalue weighted by Gasteiger charge is -2.15. The quantitative estimate of drug-likeness (QED) is 0.398. The Hall–Kier alpha value is -3.56. The fourth-order valence-corrected chi connectivity index (χ4v) is 4.18. The molecule has 9 heteroatoms. The van der Waals surface area contributed by atoms with Crippen LogP contribution < -0.4 is 9.47 Å². The average Bonchev–Trinajstić information content (AvgIpc) is 3.42. The number of hydrogen-bond acceptors (Lipinski definition) is 8. The molecular formula is C25H29N7O2. The number of methoxy groups -OCH3 is 1. The van der Waals surface area contributed by atoms with Gasteiger partial charge in [-0.1, -0.05) is 12.1 Å². The van der Waals surface area contributed by atoms with Crippen molar-refractivity contribution in [3.05, 3.63) is 60.2 Å². The molecule has 0 N–H and O–H groups in total. The highest BCUT2D eigenvalue weighted by molar-refractivity contribution is 5.82. The minimum atomic E-state index is 0.525. The summed E-state index contributed by atoms with van der Waals surface area (Å²) >= 11 is 0. The van der Waals surface area contributed by atoms with E-state index >= 15 is 0 Å². The van der Waals surface area contributed by atoms with Crippen molar-refractivity contribution in [2.75, 3.05) is 47.1 Å². The number of benzene rings is 1. The predicted molar refractivity (Wildman–Crippen MR) is 130 cm³/mol. The van der Waals surface area contributed by atoms with Gasteiger partial charge in [-0.15, -0.1) is 0 Å². The Morgan fingerprint density at radius 2 is 1.91 bits per heavy atom. The summed E-state index contributed by atoms with van der Waals surface area (Å²) in [5.41, 5.74) is 4.52. The van der Waals surface area contributed by atoms with E-state index < -0.39 is 0 Å². The predicted octanol–water partition coefficient (Wildman–Crippen LogP) is 2.84. The molecule has 5 rings (SSSR count). The molecule has 4 aromatic rings. The second-order valence-electron chi connectivity index (χ2n) is 8.62. The van der Waals surface area contributed by atoms with Gasteiger partial charge in [-0.3, -0.25) is 14.8 Å². The summed E-state index contributed by atoms with van der Waals surface area (Å²) in [6, 6.07) is 10.1. The van der Waals surface area contributed by atoms with Crippen LogP contribution in [0.3, 0.4) is 0 Å². The van der Waals surface area contributed by atoms with Gasteiger partial charge in [0.1, 0.15) is 12.4 Å². The van der Waals surface area contributed by atoms with E-state index in [0.717, 1.165) is 65.6 Å². The number of rotatable bonds is 8. The summed E-state index contributed by atoms with van der Waals surface area (Å²) in [7, 11) is 3.80. The van der Waals surface area contributed by atoms with Crippen LogP contribution in [-0.4, -0.2) is 81.6 Å². The van der Waals surface area contributed by atoms with Crippen molar-refractivity contribution in [2.24, 2.45) is 0 Å². The van der Waals surface area contributed by atoms with Gasteiger partial charge < -0.3 is 9.47 Å². The van der Waals surface area contributed by atoms with E-state index in [1.165, 1.54) is 0 Å². The highest BCUT2D eigenvalue weighted by atomic mass is 16.5. The molecule has 1 aliphatic heterocycles. The highest BCUT2D eigenvalue weighted by Gasteiger charge is 2.16. The van der Waals surface area contributed by atoms with Crippen molar-refractivity contribution in [3.63, 3.8) is 0 Å². The fraction of sp³-hybridized carbons (Fsp3) is 0.360. The summed E-state index contributed by atoms with van der Waals surface area (Å²) < 4.78 is 13.1. The van der Waals surface area contributed by atoms with Crippen LogP contribution in [0.4, 0.5) is 0 Å². The molecule has 0 radical (unpaired) electrons. The first-order valence-electron chi connectivity index (χ1n) is 11.4. The summed E-state index contributed by atoms with van der Waals surface area (Å²) in [5.74, 6) is 1.36. The van der Waals surface area contributed by atoms with Crippen molar-refractivity contribution in [2.45, 2.75) is 13.5 Å². The molecule has 0 unspecified atom stereocenters. The molecule has 0 bridgehead atoms. The molecule has 1 fully saturated rings. The van der Waals surface area contributed by atoms with Gasteiger partial charge >= 0.3 is 0 Å². The van der Waals surface area contributed by atoms with E-state index in [1.54, 1.807) is 19.5 Å². The summed E-state index contributed by atoms with van der Waals surface area (Å²) in [5, 5.41) is 5.72. The largest absolute Gasteiger partial charge is 0.497 e. The topological polar surface area (TPSA) is 81.4 Å². The first kappa shape index (κ1) is 22.2. The molecule has 0 atom stereocenters. The molecule has 3 aromatic heterocycles. The molecule has 0 amide bonds. The normalized spacial score (nSPS) is 14.7. The second-order valence-corrected chi connectivity index (χ2v) is 8.62. The highest BCUT2D eigenvalue weighted by Crippen LogP contribution is 2.25. The van der Waals surface area contributed by atoms with Crippen molar-refractivity contribution >= 4 is 11.0 Å². The van der Waals surface area contributed by atoms with E-state index in [-0.39, 0.29) is 0 Å². The van der Waals surface area contributed by atoms with Crippen molar-refractivity contribution in [1.29, 1.82) is 0 Å². The van der Waals surface area contributed by atoms with Gasteiger partial charge in [0, 0.05) is 36.8 Å². The van der Waals surface area contributed by atoms with Crippen molar-refractivity contribution < 1.29 is 9.47 Å². The number of fused-ring (bicyclic) bond motifs is 1. The molecule has 9 nitrogen and oxygen atoms in total. The van der Waals surface area contributed by atoms with Crippen LogP contribution >= 0.6 is 0 Å². The second kappa shape index (κ2) is 9.74. The third-order valence-electron chi connectivity index (χ3n) is 6.07. The lowest BCUT2D eigenvalue weighted by atomic mass is 10.1. The zero-order valence-electron chi connectivity index (χ0n) is 19.8. The van der Waals surface area contributed by atoms with E-state index in [2.05, 4.69) is 32.9 Å². The Bertz CT molecular complexity index is 1270. The smallest absolute Gasteiger partial charge is 0.232 e. The van der Waals surface area contributed by atoms with Crippen molar-refractivity contribution in [3.8, 4) is 22.9 Å². The molecule has 176 valence electrons. The lowest BCUT2D eigenvalue weighted by Crippen LogP contribution is -2.27. The average molecular weight is 460 g/mol. The monoisotopic (exact) mass is 459 g/mol. The Morgan fingerprint density at radius 3 is 2.68 bits per heavy atom. The number of aryl methyl sites for hydroxylation is 1. The van der Waals surface area contributed by atoms with Gasteiger partial charge in [-0.05, 0) is 37.7 Å². The minimum Gasteiger partial charge on any atom is -0.497 e. The SMILES string of the molecule is COc1ccc(Cn2nc(C)c3cc(-c4cncc(OCCN5CCN(C)C5)n4)cnc32)cc1. The first-order chi connectivity index (χ1) is 16.6. The standard InChI is InChI=1S/C25H29N7O2/c1-18-22-12-20(13-27-25(22)32(29-18)16-19-4-6-21(33-3)7-5-19)23-14-26-15-24(28-23)34-11-10-31-9-8-30(2)17-31/h4-7,12-15H,8-11,16-17H2,1-3H3. The fourth-order valence-electron chi connectivity index (χ4n) is 4.18. The lowest BCUT2D eigenvalue weighted by molar-refractivity contribution is 0.210. The molecule has 0 aliphatic carbocycles. The molecule has 34 heavy (non-hydrogen) atoms. The van der Waals surface area contributed by atoms with Crippen molar-refractivity contribution in [1.82, 2.24) is 34.5 Å². The number of nitrogens with zero attached hydrogens (tertiary/aromatic N) is 7. The third kappa shape index (κ3) is 4.85. The minimum absolute atomic E-state index is 0.525. The third-order valence-corrected chi connectivity index (χ3v) is 6.07. The number of pyridine rings is 1. The van der Waals surface area contributed by atoms with E-state index in [4.69, 9.17) is 19.6 Å². The van der Waals surface area contributed by atoms with Gasteiger partial charge in [-0.2, -0.15) is 5.10 Å². The number of aromatic nitrogens is 5. The Kier molecular flexibility index (Phi) is 6.37. The maximum atomic E-state index is 5.88. The van der Waals surface area contributed by atoms with Gasteiger partial charge in [0.15, 0.2) is 5.65 Å². The molecule has 1 aliphatic rings. The van der Waals surface area contributed by atoms with Crippen LogP contribution in [0.25, 0.3) is 22.3 Å². The first-order valence-corrected chi connectivity index (χ1v) is 11.4. The van der Waals surface area contributed by atoms with Gasteiger partial charge in [0.05, 0.1) is 44.1 Å². The van der Waals surface area contributed by atoms with Crippen LogP contribution in [0, 0.1) is 6.92 Å². The van der Waals surface area contributed by atoms with Crippen LogP contribution in [-0.2, 0) is 6.54 Å². The molecular weight excluding hydrogens is 430 g/mol. The van der Waals surface area contributed by atoms with E-state index in [0.29, 0.717) is 19.0 Å². The summed E-state index contributed by atoms with van der Waals surface area (Å²) in [6.07, 6.45) is 5.22. The van der Waals surface area contributed by atoms with Gasteiger partial charge in [0.2, 0.25) is 5.88 Å². The number of hydrogen-bond donors (Lipinski definition) is 0. The molecule has 1 saturated heterocycles. The summed E-state index contributed by atoms with van der Waals surface area (Å²) in [4.78, 5) is 18.4. The van der Waals surface area contributed by atoms with Gasteiger partial charge in [0.25, 0.3) is 0 Å². The van der Waals surface area contributed by atoms with Crippen LogP contribution in [0.15, 0.2) is 48.9 Å². The molecule has 4 heterocycles. The van der Waals surface area contributed by atoms with Crippen LogP contribution in [0.5, 0.6) is 11.6 Å². The Labute approximate surface area is 199 Å². The maximum Gasteiger partial charge on any atom is 0.232 e. The molecule has 0 spiro atoms. The van der Waals surface area contributed by atoms with E-state index in [9.17, 15) is 0 Å². The van der Waals surface area contributed by atoms with Crippen LogP contribution in [0.1, 0.15) is 11.3 Å². The zero-order chi connectivity index (χ0) is 23.5. The van der Waals surface area contributed by atoms with Crippen LogP contribution in [0.2, 0.25) is 0 Å². The Balaban J connectivity index is 1.31. The number of ether oxygens (including phenoxy) is 2. The molecule has 1 aromatic carbocycles. The van der Waals surface area contributed by atoms with Gasteiger partial charge in [-0.25, -0.2) is 14.6 Å². The zero-order valence-corrected chi connectivity index (χ0v) is 19.8.